The first kappa shape index (κ1) is 57.9. The molecule has 0 amide bonds. The second-order valence-corrected chi connectivity index (χ2v) is 38.1. The van der Waals surface area contributed by atoms with Crippen LogP contribution in [0.1, 0.15) is 0 Å². The SMILES string of the molecule is [Cl][Pt]([Cl])([Cl])[Cl].[K][K].[Pt+2].[c-]1c(Oc2[c-]c3c(cc2)c2ccccc2n3-c2ccccn2)ccc2c1c1nccn1c1ccccc21.c1ccc(-n2c3ccccc3c3ccc(Oc4ccc5c6ccccc6n6ccnc6c5c4)cc32)nc1. The van der Waals surface area contributed by atoms with Crippen molar-refractivity contribution in [1.82, 2.24) is 37.9 Å². The number of fused-ring (bicyclic) bond motifs is 18. The normalized spacial score (nSPS) is 11.7. The van der Waals surface area contributed by atoms with Gasteiger partial charge in [0.15, 0.2) is 0 Å². The molecule has 0 bridgehead atoms. The molecular formula is C64H38Cl4K2N8O2Pt2. The molecule has 0 atom stereocenters. The molecule has 8 aromatic heterocycles. The number of pyridine rings is 4. The van der Waals surface area contributed by atoms with Gasteiger partial charge in [-0.05, 0) is 95.0 Å². The summed E-state index contributed by atoms with van der Waals surface area (Å²) < 4.78 is 21.3. The number of imidazole rings is 2. The van der Waals surface area contributed by atoms with Gasteiger partial charge in [0.2, 0.25) is 0 Å². The molecule has 8 heterocycles. The Morgan fingerprint density at radius 2 is 0.829 bits per heavy atom. The third-order valence-corrected chi connectivity index (χ3v) is 14.0. The minimum Gasteiger partial charge on any atom is -0.503 e. The molecule has 8 aromatic carbocycles. The molecule has 0 spiro atoms. The van der Waals surface area contributed by atoms with Crippen LogP contribution < -0.4 is 9.47 Å². The predicted octanol–water partition coefficient (Wildman–Crippen LogP) is 17.4. The molecule has 0 radical (unpaired) electrons. The molecule has 0 fully saturated rings. The van der Waals surface area contributed by atoms with E-state index in [2.05, 4.69) is 171 Å². The van der Waals surface area contributed by atoms with Crippen molar-refractivity contribution in [3.05, 3.63) is 243 Å². The van der Waals surface area contributed by atoms with Crippen LogP contribution in [0.3, 0.4) is 0 Å². The maximum Gasteiger partial charge on any atom is 2.00 e. The smallest absolute Gasteiger partial charge is 0.503 e. The van der Waals surface area contributed by atoms with Crippen LogP contribution in [0, 0.1) is 12.1 Å². The van der Waals surface area contributed by atoms with E-state index in [0.29, 0.717) is 11.5 Å². The number of halogens is 4. The number of hydrogen-bond acceptors (Lipinski definition) is 6. The van der Waals surface area contributed by atoms with Gasteiger partial charge in [-0.15, -0.1) is 29.7 Å². The zero-order chi connectivity index (χ0) is 55.2. The standard InChI is InChI=1S/C32H20N4O.C32H18N4O.4ClH.2K.2Pt/c2*1-3-9-28-24(7-1)23-14-12-21(19-27(23)32-34-17-18-35(28)32)37-22-13-15-26-25-8-2-4-10-29(25)36(30(26)20-22)31-11-5-6-16-33-31;;;;;;;;/h1-20H;1-18H;4*1H;;;;/q;-2;;;;;;;+2;+4/p-4. The summed E-state index contributed by atoms with van der Waals surface area (Å²) in [4.78, 5) is 18.5. The summed E-state index contributed by atoms with van der Waals surface area (Å²) in [6.45, 7) is 0. The second-order valence-electron chi connectivity index (χ2n) is 18.4. The van der Waals surface area contributed by atoms with Crippen molar-refractivity contribution in [3.8, 4) is 34.6 Å². The summed E-state index contributed by atoms with van der Waals surface area (Å²) in [5, 5.41) is 11.2. The van der Waals surface area contributed by atoms with Crippen molar-refractivity contribution in [2.75, 3.05) is 0 Å². The summed E-state index contributed by atoms with van der Waals surface area (Å²) in [5.74, 6) is 4.49. The number of aromatic nitrogens is 8. The Balaban J connectivity index is 0.000000145. The molecule has 18 heteroatoms. The summed E-state index contributed by atoms with van der Waals surface area (Å²) >= 11 is -0.556. The molecule has 0 aliphatic heterocycles. The first-order valence-electron chi connectivity index (χ1n) is 25.8. The van der Waals surface area contributed by atoms with Gasteiger partial charge in [-0.3, -0.25) is 14.0 Å². The number of ether oxygens (including phenoxy) is 2. The topological polar surface area (TPSA) is 88.7 Å². The van der Waals surface area contributed by atoms with Crippen LogP contribution in [0.5, 0.6) is 23.0 Å². The van der Waals surface area contributed by atoms with Gasteiger partial charge in [0, 0.05) is 87.3 Å². The molecule has 0 saturated heterocycles. The Morgan fingerprint density at radius 1 is 0.378 bits per heavy atom. The first-order valence-corrected chi connectivity index (χ1v) is 53.1. The third-order valence-electron chi connectivity index (χ3n) is 14.0. The molecule has 0 saturated carbocycles. The third kappa shape index (κ3) is 11.4. The Morgan fingerprint density at radius 3 is 1.45 bits per heavy atom. The molecule has 0 aliphatic rings. The van der Waals surface area contributed by atoms with Crippen LogP contribution in [-0.4, -0.2) is 101 Å². The van der Waals surface area contributed by atoms with Gasteiger partial charge in [0.05, 0.1) is 22.2 Å². The van der Waals surface area contributed by atoms with Crippen molar-refractivity contribution in [3.63, 3.8) is 0 Å². The van der Waals surface area contributed by atoms with Gasteiger partial charge < -0.3 is 18.4 Å². The molecule has 0 N–H and O–H groups in total. The van der Waals surface area contributed by atoms with Crippen LogP contribution in [0.4, 0.5) is 0 Å². The molecule has 16 rings (SSSR count). The van der Waals surface area contributed by atoms with Gasteiger partial charge in [-0.1, -0.05) is 107 Å². The Labute approximate surface area is 548 Å². The molecule has 396 valence electrons. The van der Waals surface area contributed by atoms with E-state index < -0.39 is 11.9 Å². The zero-order valence-electron chi connectivity index (χ0n) is 43.5. The van der Waals surface area contributed by atoms with E-state index in [1.165, 1.54) is 73.9 Å². The maximum atomic E-state index is 6.45. The van der Waals surface area contributed by atoms with Gasteiger partial charge in [0.1, 0.15) is 28.8 Å². The molecule has 10 nitrogen and oxygen atoms in total. The average Bonchev–Trinajstić information content (AvgIpc) is 3.57. The number of benzene rings is 8. The number of hydrogen-bond donors (Lipinski definition) is 0. The average molecular weight is 1560 g/mol. The van der Waals surface area contributed by atoms with Gasteiger partial charge in [-0.2, -0.15) is 6.07 Å². The van der Waals surface area contributed by atoms with Crippen LogP contribution in [0.25, 0.3) is 110 Å². The van der Waals surface area contributed by atoms with E-state index >= 15 is 0 Å². The van der Waals surface area contributed by atoms with Crippen LogP contribution in [0.2, 0.25) is 0 Å². The van der Waals surface area contributed by atoms with Crippen molar-refractivity contribution in [1.29, 1.82) is 0 Å². The Bertz CT molecular complexity index is 4700. The molecule has 0 aliphatic carbocycles. The quantitative estimate of drug-likeness (QED) is 0.0936. The summed E-state index contributed by atoms with van der Waals surface area (Å²) in [5.41, 5.74) is 8.20. The van der Waals surface area contributed by atoms with Gasteiger partial charge >= 0.3 is 134 Å². The van der Waals surface area contributed by atoms with Crippen molar-refractivity contribution < 1.29 is 42.4 Å². The van der Waals surface area contributed by atoms with Gasteiger partial charge in [0.25, 0.3) is 0 Å². The molecule has 82 heavy (non-hydrogen) atoms. The predicted molar refractivity (Wildman–Crippen MR) is 330 cm³/mol. The van der Waals surface area contributed by atoms with Crippen LogP contribution in [-0.2, 0) is 33.0 Å². The number of rotatable bonds is 6. The zero-order valence-corrected chi connectivity index (χ0v) is 57.3. The van der Waals surface area contributed by atoms with Crippen molar-refractivity contribution >= 4 is 199 Å². The first-order chi connectivity index (χ1) is 39.7. The Kier molecular flexibility index (Phi) is 17.8. The Hall–Kier alpha value is -4.51. The van der Waals surface area contributed by atoms with E-state index in [9.17, 15) is 0 Å². The van der Waals surface area contributed by atoms with Crippen LogP contribution in [0.15, 0.2) is 231 Å². The fourth-order valence-corrected chi connectivity index (χ4v) is 10.8. The minimum atomic E-state index is -3.06. The van der Waals surface area contributed by atoms with Crippen LogP contribution >= 0.6 is 37.7 Å². The van der Waals surface area contributed by atoms with E-state index in [4.69, 9.17) is 47.1 Å². The van der Waals surface area contributed by atoms with Gasteiger partial charge in [-0.25, -0.2) is 15.0 Å². The number of nitrogens with zero attached hydrogens (tertiary/aromatic N) is 8. The summed E-state index contributed by atoms with van der Waals surface area (Å²) in [6.07, 6.45) is 11.3. The maximum absolute atomic E-state index is 6.45. The summed E-state index contributed by atoms with van der Waals surface area (Å²) in [6, 6.07) is 73.0. The fourth-order valence-electron chi connectivity index (χ4n) is 10.8. The minimum absolute atomic E-state index is 0. The number of para-hydroxylation sites is 4. The van der Waals surface area contributed by atoms with E-state index in [-0.39, 0.29) is 21.1 Å². The van der Waals surface area contributed by atoms with E-state index in [1.54, 1.807) is 6.20 Å². The molecular weight excluding hydrogens is 1520 g/mol. The molecule has 0 unspecified atom stereocenters. The molecule has 16 aromatic rings. The summed E-state index contributed by atoms with van der Waals surface area (Å²) in [7, 11) is 20.0. The van der Waals surface area contributed by atoms with Crippen molar-refractivity contribution in [2.24, 2.45) is 0 Å². The second kappa shape index (κ2) is 25.2. The monoisotopic (exact) mass is 1560 g/mol. The van der Waals surface area contributed by atoms with E-state index in [1.807, 2.05) is 104 Å². The largest absolute Gasteiger partial charge is 2.00 e. The van der Waals surface area contributed by atoms with E-state index in [0.717, 1.165) is 111 Å². The van der Waals surface area contributed by atoms with Crippen molar-refractivity contribution in [2.45, 2.75) is 0 Å². The fraction of sp³-hybridized carbons (Fsp3) is 0.